The summed E-state index contributed by atoms with van der Waals surface area (Å²) in [6, 6.07) is 0.152. The molecular weight excluding hydrogens is 254 g/mol. The third-order valence-electron chi connectivity index (χ3n) is 3.80. The smallest absolute Gasteiger partial charge is 0.126 e. The van der Waals surface area contributed by atoms with Crippen LogP contribution in [0.2, 0.25) is 0 Å². The molecule has 0 bridgehead atoms. The van der Waals surface area contributed by atoms with Gasteiger partial charge in [0.15, 0.2) is 0 Å². The van der Waals surface area contributed by atoms with Gasteiger partial charge in [0.2, 0.25) is 0 Å². The average molecular weight is 275 g/mol. The maximum Gasteiger partial charge on any atom is 0.126 e. The van der Waals surface area contributed by atoms with E-state index in [-0.39, 0.29) is 6.04 Å². The van der Waals surface area contributed by atoms with Crippen molar-refractivity contribution in [1.29, 1.82) is 0 Å². The third-order valence-corrected chi connectivity index (χ3v) is 3.80. The van der Waals surface area contributed by atoms with Crippen LogP contribution in [-0.4, -0.2) is 39.5 Å². The topological polar surface area (TPSA) is 67.8 Å². The van der Waals surface area contributed by atoms with E-state index in [0.29, 0.717) is 6.61 Å². The molecule has 20 heavy (non-hydrogen) atoms. The second kappa shape index (κ2) is 5.38. The molecule has 1 aliphatic heterocycles. The zero-order valence-electron chi connectivity index (χ0n) is 12.2. The summed E-state index contributed by atoms with van der Waals surface area (Å²) >= 11 is 0. The fraction of sp³-hybridized carbons (Fsp3) is 0.571. The largest absolute Gasteiger partial charge is 0.378 e. The van der Waals surface area contributed by atoms with Crippen molar-refractivity contribution in [2.45, 2.75) is 33.4 Å². The lowest BCUT2D eigenvalue weighted by Gasteiger charge is -2.21. The third kappa shape index (κ3) is 2.25. The molecule has 0 aromatic carbocycles. The summed E-state index contributed by atoms with van der Waals surface area (Å²) in [6.07, 6.45) is 1.89. The number of nitrogens with zero attached hydrogens (tertiary/aromatic N) is 3. The molecule has 3 rings (SSSR count). The van der Waals surface area contributed by atoms with Gasteiger partial charge in [-0.3, -0.25) is 4.68 Å². The molecule has 1 fully saturated rings. The van der Waals surface area contributed by atoms with Gasteiger partial charge in [0.1, 0.15) is 5.82 Å². The molecule has 0 amide bonds. The normalized spacial score (nSPS) is 19.4. The number of rotatable bonds is 3. The SMILES string of the molecule is CCn1nc(C)c(-c2cnc(C3COCCN3)[nH]2)c1C. The number of aryl methyl sites for hydroxylation is 2. The zero-order chi connectivity index (χ0) is 14.1. The summed E-state index contributed by atoms with van der Waals surface area (Å²) in [5.74, 6) is 0.933. The van der Waals surface area contributed by atoms with Gasteiger partial charge < -0.3 is 15.0 Å². The van der Waals surface area contributed by atoms with Crippen molar-refractivity contribution in [2.24, 2.45) is 0 Å². The molecule has 2 aromatic heterocycles. The number of hydrogen-bond donors (Lipinski definition) is 2. The molecule has 1 aliphatic rings. The standard InChI is InChI=1S/C14H21N5O/c1-4-19-10(3)13(9(2)18-19)11-7-16-14(17-11)12-8-20-6-5-15-12/h7,12,15H,4-6,8H2,1-3H3,(H,16,17). The monoisotopic (exact) mass is 275 g/mol. The summed E-state index contributed by atoms with van der Waals surface area (Å²) in [5.41, 5.74) is 4.39. The molecule has 1 saturated heterocycles. The maximum atomic E-state index is 5.48. The predicted octanol–water partition coefficient (Wildman–Crippen LogP) is 1.57. The van der Waals surface area contributed by atoms with Crippen molar-refractivity contribution in [2.75, 3.05) is 19.8 Å². The van der Waals surface area contributed by atoms with Crippen molar-refractivity contribution < 1.29 is 4.74 Å². The van der Waals surface area contributed by atoms with E-state index in [9.17, 15) is 0 Å². The van der Waals surface area contributed by atoms with Crippen molar-refractivity contribution in [3.8, 4) is 11.3 Å². The van der Waals surface area contributed by atoms with Crippen LogP contribution in [0.1, 0.15) is 30.2 Å². The van der Waals surface area contributed by atoms with Crippen LogP contribution in [0, 0.1) is 13.8 Å². The van der Waals surface area contributed by atoms with E-state index < -0.39 is 0 Å². The number of imidazole rings is 1. The van der Waals surface area contributed by atoms with Gasteiger partial charge in [-0.2, -0.15) is 5.10 Å². The Balaban J connectivity index is 1.91. The van der Waals surface area contributed by atoms with Crippen LogP contribution in [0.25, 0.3) is 11.3 Å². The Morgan fingerprint density at radius 3 is 2.95 bits per heavy atom. The van der Waals surface area contributed by atoms with E-state index >= 15 is 0 Å². The Bertz CT molecular complexity index is 595. The Morgan fingerprint density at radius 2 is 2.30 bits per heavy atom. The molecule has 0 aliphatic carbocycles. The second-order valence-corrected chi connectivity index (χ2v) is 5.13. The van der Waals surface area contributed by atoms with Crippen molar-refractivity contribution in [3.63, 3.8) is 0 Å². The molecular formula is C14H21N5O. The number of H-pyrrole nitrogens is 1. The van der Waals surface area contributed by atoms with E-state index in [0.717, 1.165) is 42.5 Å². The van der Waals surface area contributed by atoms with Crippen LogP contribution in [0.5, 0.6) is 0 Å². The molecule has 0 spiro atoms. The molecule has 6 heteroatoms. The average Bonchev–Trinajstić information content (AvgIpc) is 3.04. The highest BCUT2D eigenvalue weighted by Gasteiger charge is 2.20. The lowest BCUT2D eigenvalue weighted by molar-refractivity contribution is 0.0745. The van der Waals surface area contributed by atoms with E-state index in [1.807, 2.05) is 17.8 Å². The van der Waals surface area contributed by atoms with E-state index in [1.54, 1.807) is 0 Å². The Hall–Kier alpha value is -1.66. The first-order valence-electron chi connectivity index (χ1n) is 7.11. The van der Waals surface area contributed by atoms with Gasteiger partial charge in [-0.25, -0.2) is 4.98 Å². The van der Waals surface area contributed by atoms with Gasteiger partial charge in [-0.1, -0.05) is 0 Å². The first kappa shape index (κ1) is 13.3. The second-order valence-electron chi connectivity index (χ2n) is 5.13. The molecule has 1 unspecified atom stereocenters. The lowest BCUT2D eigenvalue weighted by atomic mass is 10.1. The number of aromatic nitrogens is 4. The number of morpholine rings is 1. The first-order valence-corrected chi connectivity index (χ1v) is 7.11. The highest BCUT2D eigenvalue weighted by molar-refractivity contribution is 5.64. The molecule has 3 heterocycles. The predicted molar refractivity (Wildman–Crippen MR) is 76.5 cm³/mol. The van der Waals surface area contributed by atoms with Gasteiger partial charge in [-0.15, -0.1) is 0 Å². The molecule has 1 atom stereocenters. The minimum absolute atomic E-state index is 0.152. The van der Waals surface area contributed by atoms with Crippen LogP contribution >= 0.6 is 0 Å². The van der Waals surface area contributed by atoms with E-state index in [4.69, 9.17) is 4.74 Å². The fourth-order valence-corrected chi connectivity index (χ4v) is 2.78. The quantitative estimate of drug-likeness (QED) is 0.892. The van der Waals surface area contributed by atoms with Gasteiger partial charge in [0.05, 0.1) is 36.8 Å². The summed E-state index contributed by atoms with van der Waals surface area (Å²) in [4.78, 5) is 7.91. The molecule has 0 radical (unpaired) electrons. The molecule has 2 aromatic rings. The highest BCUT2D eigenvalue weighted by atomic mass is 16.5. The number of hydrogen-bond acceptors (Lipinski definition) is 4. The molecule has 0 saturated carbocycles. The van der Waals surface area contributed by atoms with Gasteiger partial charge in [0.25, 0.3) is 0 Å². The molecule has 6 nitrogen and oxygen atoms in total. The highest BCUT2D eigenvalue weighted by Crippen LogP contribution is 2.26. The zero-order valence-corrected chi connectivity index (χ0v) is 12.2. The van der Waals surface area contributed by atoms with E-state index in [2.05, 4.69) is 34.2 Å². The van der Waals surface area contributed by atoms with Crippen LogP contribution in [0.4, 0.5) is 0 Å². The first-order chi connectivity index (χ1) is 9.70. The number of aromatic amines is 1. The lowest BCUT2D eigenvalue weighted by Crippen LogP contribution is -2.35. The fourth-order valence-electron chi connectivity index (χ4n) is 2.78. The minimum Gasteiger partial charge on any atom is -0.378 e. The van der Waals surface area contributed by atoms with Crippen LogP contribution in [-0.2, 0) is 11.3 Å². The maximum absolute atomic E-state index is 5.48. The number of nitrogens with one attached hydrogen (secondary N) is 2. The Labute approximate surface area is 118 Å². The van der Waals surface area contributed by atoms with E-state index in [1.165, 1.54) is 5.69 Å². The van der Waals surface area contributed by atoms with Crippen molar-refractivity contribution in [1.82, 2.24) is 25.1 Å². The summed E-state index contributed by atoms with van der Waals surface area (Å²) < 4.78 is 7.50. The summed E-state index contributed by atoms with van der Waals surface area (Å²) in [7, 11) is 0. The Kier molecular flexibility index (Phi) is 3.58. The van der Waals surface area contributed by atoms with Crippen LogP contribution in [0.15, 0.2) is 6.20 Å². The van der Waals surface area contributed by atoms with Gasteiger partial charge >= 0.3 is 0 Å². The summed E-state index contributed by atoms with van der Waals surface area (Å²) in [6.45, 7) is 9.42. The summed E-state index contributed by atoms with van der Waals surface area (Å²) in [5, 5.41) is 7.96. The number of ether oxygens (including phenoxy) is 1. The molecule has 108 valence electrons. The van der Waals surface area contributed by atoms with Crippen molar-refractivity contribution >= 4 is 0 Å². The van der Waals surface area contributed by atoms with Crippen LogP contribution in [0.3, 0.4) is 0 Å². The van der Waals surface area contributed by atoms with Crippen LogP contribution < -0.4 is 5.32 Å². The van der Waals surface area contributed by atoms with Gasteiger partial charge in [0, 0.05) is 24.3 Å². The minimum atomic E-state index is 0.152. The molecule has 2 N–H and O–H groups in total. The Morgan fingerprint density at radius 1 is 1.45 bits per heavy atom. The van der Waals surface area contributed by atoms with Crippen molar-refractivity contribution in [3.05, 3.63) is 23.4 Å². The van der Waals surface area contributed by atoms with Gasteiger partial charge in [-0.05, 0) is 20.8 Å².